The second kappa shape index (κ2) is 15.4. The largest absolute Gasteiger partial charge is 0.673 e. The van der Waals surface area contributed by atoms with Crippen molar-refractivity contribution in [3.05, 3.63) is 151 Å². The average molecular weight is 720 g/mol. The van der Waals surface area contributed by atoms with Gasteiger partial charge in [-0.25, -0.2) is 0 Å². The van der Waals surface area contributed by atoms with Gasteiger partial charge in [0.1, 0.15) is 0 Å². The number of nitrogens with zero attached hydrogens (tertiary/aromatic N) is 2. The van der Waals surface area contributed by atoms with Crippen LogP contribution in [-0.4, -0.2) is 4.98 Å². The molecule has 0 saturated heterocycles. The van der Waals surface area contributed by atoms with Crippen LogP contribution in [0.5, 0.6) is 0 Å². The number of hydrogen-bond acceptors (Lipinski definition) is 1. The van der Waals surface area contributed by atoms with E-state index in [0.717, 1.165) is 22.6 Å². The summed E-state index contributed by atoms with van der Waals surface area (Å²) in [5.41, 5.74) is 9.34. The molecule has 5 aromatic rings. The second-order valence-electron chi connectivity index (χ2n) is 11.4. The molecule has 1 heterocycles. The number of hydrogen-bond donors (Lipinski definition) is 0. The number of rotatable bonds is 8. The van der Waals surface area contributed by atoms with Crippen LogP contribution in [0.4, 0.5) is 5.69 Å². The molecule has 5 rings (SSSR count). The van der Waals surface area contributed by atoms with E-state index in [-0.39, 0.29) is 46.7 Å². The van der Waals surface area contributed by atoms with E-state index in [9.17, 15) is 0 Å². The maximum Gasteiger partial charge on any atom is 0.0711 e. The topological polar surface area (TPSA) is 27.0 Å². The van der Waals surface area contributed by atoms with Crippen LogP contribution in [0.3, 0.4) is 0 Å². The fourth-order valence-corrected chi connectivity index (χ4v) is 5.57. The van der Waals surface area contributed by atoms with E-state index in [1.165, 1.54) is 33.0 Å². The molecule has 0 aliphatic rings. The Hall–Kier alpha value is -3.04. The molecule has 42 heavy (non-hydrogen) atoms. The molecule has 4 aromatic carbocycles. The first-order valence-electron chi connectivity index (χ1n) is 14.2. The summed E-state index contributed by atoms with van der Waals surface area (Å²) in [7, 11) is 0. The number of pyridine rings is 1. The molecular weight excluding hydrogens is 675 g/mol. The minimum atomic E-state index is -0.212. The smallest absolute Gasteiger partial charge is 0.0711 e. The van der Waals surface area contributed by atoms with Crippen molar-refractivity contribution < 1.29 is 25.8 Å². The van der Waals surface area contributed by atoms with Crippen LogP contribution >= 0.6 is 0 Å². The van der Waals surface area contributed by atoms with E-state index in [0.29, 0.717) is 17.8 Å². The molecule has 0 saturated carbocycles. The van der Waals surface area contributed by atoms with Crippen molar-refractivity contribution in [2.75, 3.05) is 0 Å². The van der Waals surface area contributed by atoms with Gasteiger partial charge in [-0.3, -0.25) is 4.98 Å². The van der Waals surface area contributed by atoms with Crippen LogP contribution in [0.2, 0.25) is 0 Å². The molecule has 0 amide bonds. The Balaban J connectivity index is 0.00000205. The second-order valence-corrected chi connectivity index (χ2v) is 11.4. The molecule has 3 heteroatoms. The summed E-state index contributed by atoms with van der Waals surface area (Å²) in [5.74, 6) is 1.13. The summed E-state index contributed by atoms with van der Waals surface area (Å²) in [6.45, 7) is 13.6. The van der Waals surface area contributed by atoms with Crippen LogP contribution in [0, 0.1) is 14.9 Å². The van der Waals surface area contributed by atoms with E-state index >= 15 is 0 Å². The zero-order chi connectivity index (χ0) is 27.5. The predicted octanol–water partition coefficient (Wildman–Crippen LogP) is 12.0. The van der Waals surface area contributed by atoms with E-state index < -0.39 is 0 Å². The van der Waals surface area contributed by atoms with Gasteiger partial charge >= 0.3 is 0 Å². The van der Waals surface area contributed by atoms with Gasteiger partial charge in [-0.2, -0.15) is 0 Å². The van der Waals surface area contributed by atoms with Crippen molar-refractivity contribution in [1.29, 1.82) is 0 Å². The van der Waals surface area contributed by atoms with Crippen LogP contribution < -0.4 is 0 Å². The quantitative estimate of drug-likeness (QED) is 0.116. The fourth-order valence-electron chi connectivity index (χ4n) is 5.57. The van der Waals surface area contributed by atoms with Crippen molar-refractivity contribution in [2.24, 2.45) is 0 Å². The van der Waals surface area contributed by atoms with Gasteiger partial charge in [-0.05, 0) is 52.3 Å². The van der Waals surface area contributed by atoms with Crippen molar-refractivity contribution in [2.45, 2.75) is 65.3 Å². The Bertz CT molecular complexity index is 1550. The van der Waals surface area contributed by atoms with E-state index in [1.54, 1.807) is 0 Å². The van der Waals surface area contributed by atoms with Gasteiger partial charge in [0.25, 0.3) is 0 Å². The zero-order valence-corrected chi connectivity index (χ0v) is 30.1. The molecule has 0 bridgehead atoms. The first-order chi connectivity index (χ1) is 18.8. The van der Waals surface area contributed by atoms with E-state index in [2.05, 4.69) is 145 Å². The first kappa shape index (κ1) is 35.2. The zero-order valence-electron chi connectivity index (χ0n) is 26.5. The SMILES string of the molecule is CC(C)c1ccccc1C([N-]c1c(C(C)C)cccc1C(C)C)c1cccc(-c2cccc3ccccc23)n1.[CH3-].[CH3-].[Hf]. The molecule has 0 spiro atoms. The number of para-hydroxylation sites is 1. The van der Waals surface area contributed by atoms with Crippen molar-refractivity contribution in [3.63, 3.8) is 0 Å². The molecule has 0 radical (unpaired) electrons. The van der Waals surface area contributed by atoms with E-state index in [4.69, 9.17) is 10.3 Å². The van der Waals surface area contributed by atoms with Crippen molar-refractivity contribution in [3.8, 4) is 11.3 Å². The molecule has 0 N–H and O–H groups in total. The maximum atomic E-state index is 5.62. The Morgan fingerprint density at radius 3 is 1.67 bits per heavy atom. The summed E-state index contributed by atoms with van der Waals surface area (Å²) >= 11 is 0. The predicted molar refractivity (Wildman–Crippen MR) is 180 cm³/mol. The Labute approximate surface area is 273 Å². The number of fused-ring (bicyclic) bond motifs is 1. The Morgan fingerprint density at radius 1 is 0.524 bits per heavy atom. The summed E-state index contributed by atoms with van der Waals surface area (Å²) < 4.78 is 0. The molecule has 1 unspecified atom stereocenters. The molecule has 0 fully saturated rings. The van der Waals surface area contributed by atoms with Gasteiger partial charge < -0.3 is 20.2 Å². The first-order valence-corrected chi connectivity index (χ1v) is 14.2. The van der Waals surface area contributed by atoms with Crippen LogP contribution in [0.1, 0.15) is 93.3 Å². The minimum absolute atomic E-state index is 0. The van der Waals surface area contributed by atoms with Crippen LogP contribution in [-0.2, 0) is 25.8 Å². The van der Waals surface area contributed by atoms with Crippen LogP contribution in [0.25, 0.3) is 27.3 Å². The molecular formula is C39H45HfN2-3. The van der Waals surface area contributed by atoms with Gasteiger partial charge in [-0.1, -0.05) is 149 Å². The molecule has 218 valence electrons. The molecule has 1 atom stereocenters. The molecule has 1 aromatic heterocycles. The van der Waals surface area contributed by atoms with Gasteiger partial charge in [0.15, 0.2) is 0 Å². The van der Waals surface area contributed by atoms with Crippen LogP contribution in [0.15, 0.2) is 103 Å². The summed E-state index contributed by atoms with van der Waals surface area (Å²) in [6, 6.07) is 36.6. The van der Waals surface area contributed by atoms with Gasteiger partial charge in [0.05, 0.1) is 5.69 Å². The maximum absolute atomic E-state index is 5.62. The third-order valence-corrected chi connectivity index (χ3v) is 7.63. The van der Waals surface area contributed by atoms with Gasteiger partial charge in [-0.15, -0.1) is 5.69 Å². The molecule has 0 aliphatic carbocycles. The number of aromatic nitrogens is 1. The third kappa shape index (κ3) is 7.29. The Morgan fingerprint density at radius 2 is 1.02 bits per heavy atom. The summed E-state index contributed by atoms with van der Waals surface area (Å²) in [5, 5.41) is 8.06. The standard InChI is InChI=1S/C37H39N2.2CH3.Hf/c1-24(2)28-16-9-10-18-33(28)37(39-36-29(25(3)4)19-12-20-30(36)26(5)6)35-23-13-22-34(38-35)32-21-11-15-27-14-7-8-17-31(27)32;;;/h7-26,37H,1-6H3;2*1H3;/q3*-1;. The van der Waals surface area contributed by atoms with Crippen molar-refractivity contribution >= 4 is 16.5 Å². The van der Waals surface area contributed by atoms with Crippen molar-refractivity contribution in [1.82, 2.24) is 4.98 Å². The fraction of sp³-hybridized carbons (Fsp3) is 0.256. The normalized spacial score (nSPS) is 11.5. The van der Waals surface area contributed by atoms with E-state index in [1.807, 2.05) is 0 Å². The Kier molecular flexibility index (Phi) is 12.9. The van der Waals surface area contributed by atoms with Gasteiger partial charge in [0.2, 0.25) is 0 Å². The summed E-state index contributed by atoms with van der Waals surface area (Å²) in [6.07, 6.45) is 0. The number of benzene rings is 4. The minimum Gasteiger partial charge on any atom is -0.673 e. The monoisotopic (exact) mass is 721 g/mol. The van der Waals surface area contributed by atoms with Gasteiger partial charge in [0, 0.05) is 37.1 Å². The summed E-state index contributed by atoms with van der Waals surface area (Å²) in [4.78, 5) is 5.32. The molecule has 0 aliphatic heterocycles. The third-order valence-electron chi connectivity index (χ3n) is 7.63. The average Bonchev–Trinajstić information content (AvgIpc) is 2.95. The molecule has 2 nitrogen and oxygen atoms in total.